The summed E-state index contributed by atoms with van der Waals surface area (Å²) in [6.45, 7) is 10.4. The molecule has 154 valence electrons. The van der Waals surface area contributed by atoms with Crippen LogP contribution in [0.1, 0.15) is 51.4 Å². The van der Waals surface area contributed by atoms with Crippen LogP contribution in [-0.2, 0) is 20.3 Å². The fourth-order valence-electron chi connectivity index (χ4n) is 3.66. The van der Waals surface area contributed by atoms with Gasteiger partial charge in [0, 0.05) is 48.5 Å². The first-order valence-corrected chi connectivity index (χ1v) is 12.3. The van der Waals surface area contributed by atoms with Crippen LogP contribution in [0.25, 0.3) is 0 Å². The van der Waals surface area contributed by atoms with Crippen LogP contribution in [0.2, 0.25) is 0 Å². The monoisotopic (exact) mass is 388 g/mol. The molecule has 2 aliphatic heterocycles. The van der Waals surface area contributed by atoms with Gasteiger partial charge >= 0.3 is 0 Å². The van der Waals surface area contributed by atoms with E-state index in [2.05, 4.69) is 9.80 Å². The molecule has 0 amide bonds. The summed E-state index contributed by atoms with van der Waals surface area (Å²) in [6, 6.07) is 0. The number of rotatable bonds is 14. The van der Waals surface area contributed by atoms with Gasteiger partial charge < -0.3 is 9.47 Å². The highest BCUT2D eigenvalue weighted by atomic mass is 32.2. The number of ether oxygens (including phenoxy) is 2. The van der Waals surface area contributed by atoms with Crippen molar-refractivity contribution in [2.75, 3.05) is 77.2 Å². The van der Waals surface area contributed by atoms with E-state index in [-0.39, 0.29) is 0 Å². The van der Waals surface area contributed by atoms with Crippen molar-refractivity contribution in [1.29, 1.82) is 0 Å². The van der Waals surface area contributed by atoms with Crippen LogP contribution in [0.15, 0.2) is 0 Å². The highest BCUT2D eigenvalue weighted by Crippen LogP contribution is 2.07. The highest BCUT2D eigenvalue weighted by Gasteiger charge is 2.10. The van der Waals surface area contributed by atoms with E-state index in [9.17, 15) is 4.21 Å². The summed E-state index contributed by atoms with van der Waals surface area (Å²) in [5, 5.41) is 0. The third-order valence-corrected chi connectivity index (χ3v) is 6.89. The predicted octanol–water partition coefficient (Wildman–Crippen LogP) is 2.52. The Labute approximate surface area is 163 Å². The Morgan fingerprint density at radius 1 is 0.577 bits per heavy atom. The molecule has 2 saturated heterocycles. The maximum atomic E-state index is 12.1. The number of nitrogens with zero attached hydrogens (tertiary/aromatic N) is 2. The van der Waals surface area contributed by atoms with E-state index in [0.717, 1.165) is 77.0 Å². The van der Waals surface area contributed by atoms with Crippen molar-refractivity contribution in [3.8, 4) is 0 Å². The van der Waals surface area contributed by atoms with E-state index in [4.69, 9.17) is 9.47 Å². The summed E-state index contributed by atoms with van der Waals surface area (Å²) in [5.41, 5.74) is 0. The van der Waals surface area contributed by atoms with Crippen molar-refractivity contribution in [2.24, 2.45) is 0 Å². The molecule has 0 aliphatic carbocycles. The topological polar surface area (TPSA) is 42.0 Å². The zero-order valence-corrected chi connectivity index (χ0v) is 17.5. The highest BCUT2D eigenvalue weighted by molar-refractivity contribution is 7.84. The smallest absolute Gasteiger partial charge is 0.0594 e. The second-order valence-electron chi connectivity index (χ2n) is 7.58. The number of hydrogen-bond donors (Lipinski definition) is 0. The summed E-state index contributed by atoms with van der Waals surface area (Å²) >= 11 is 0. The van der Waals surface area contributed by atoms with Gasteiger partial charge in [0.1, 0.15) is 0 Å². The minimum Gasteiger partial charge on any atom is -0.379 e. The zero-order valence-electron chi connectivity index (χ0n) is 16.7. The molecule has 6 heteroatoms. The van der Waals surface area contributed by atoms with Gasteiger partial charge in [0.15, 0.2) is 0 Å². The molecule has 0 aromatic heterocycles. The normalized spacial score (nSPS) is 20.0. The van der Waals surface area contributed by atoms with Crippen LogP contribution in [0.3, 0.4) is 0 Å². The largest absolute Gasteiger partial charge is 0.379 e. The Hall–Kier alpha value is -0.0100. The number of hydrogen-bond acceptors (Lipinski definition) is 5. The lowest BCUT2D eigenvalue weighted by atomic mass is 10.2. The van der Waals surface area contributed by atoms with E-state index in [0.29, 0.717) is 0 Å². The van der Waals surface area contributed by atoms with Gasteiger partial charge in [0.05, 0.1) is 26.4 Å². The Morgan fingerprint density at radius 2 is 0.962 bits per heavy atom. The summed E-state index contributed by atoms with van der Waals surface area (Å²) in [6.07, 6.45) is 9.82. The molecule has 26 heavy (non-hydrogen) atoms. The Balaban J connectivity index is 1.30. The van der Waals surface area contributed by atoms with Gasteiger partial charge in [-0.05, 0) is 38.8 Å². The van der Waals surface area contributed by atoms with Gasteiger partial charge in [0.2, 0.25) is 0 Å². The van der Waals surface area contributed by atoms with Gasteiger partial charge in [-0.3, -0.25) is 14.0 Å². The van der Waals surface area contributed by atoms with Crippen molar-refractivity contribution >= 4 is 10.8 Å². The van der Waals surface area contributed by atoms with Gasteiger partial charge in [-0.25, -0.2) is 0 Å². The van der Waals surface area contributed by atoms with Gasteiger partial charge in [0.25, 0.3) is 0 Å². The van der Waals surface area contributed by atoms with Crippen molar-refractivity contribution in [3.63, 3.8) is 0 Å². The third kappa shape index (κ3) is 11.0. The quantitative estimate of drug-likeness (QED) is 0.428. The summed E-state index contributed by atoms with van der Waals surface area (Å²) in [5.74, 6) is 1.82. The fourth-order valence-corrected chi connectivity index (χ4v) is 4.91. The van der Waals surface area contributed by atoms with Gasteiger partial charge in [-0.2, -0.15) is 0 Å². The van der Waals surface area contributed by atoms with Crippen LogP contribution >= 0.6 is 0 Å². The Morgan fingerprint density at radius 3 is 1.38 bits per heavy atom. The lowest BCUT2D eigenvalue weighted by Crippen LogP contribution is -2.36. The molecule has 0 spiro atoms. The van der Waals surface area contributed by atoms with Gasteiger partial charge in [-0.15, -0.1) is 0 Å². The first-order chi connectivity index (χ1) is 12.8. The summed E-state index contributed by atoms with van der Waals surface area (Å²) in [4.78, 5) is 5.00. The maximum Gasteiger partial charge on any atom is 0.0594 e. The molecule has 0 N–H and O–H groups in total. The molecule has 0 atom stereocenters. The Kier molecular flexibility index (Phi) is 12.8. The molecule has 0 aromatic rings. The van der Waals surface area contributed by atoms with Crippen LogP contribution in [0.4, 0.5) is 0 Å². The molecule has 0 unspecified atom stereocenters. The minimum atomic E-state index is -0.593. The minimum absolute atomic E-state index is 0.593. The van der Waals surface area contributed by atoms with E-state index in [1.165, 1.54) is 51.6 Å². The average Bonchev–Trinajstić information content (AvgIpc) is 2.69. The van der Waals surface area contributed by atoms with Crippen LogP contribution in [0.5, 0.6) is 0 Å². The number of morpholine rings is 2. The van der Waals surface area contributed by atoms with Crippen LogP contribution < -0.4 is 0 Å². The molecule has 5 nitrogen and oxygen atoms in total. The predicted molar refractivity (Wildman–Crippen MR) is 109 cm³/mol. The lowest BCUT2D eigenvalue weighted by Gasteiger charge is -2.26. The molecular formula is C20H40N2O3S. The van der Waals surface area contributed by atoms with E-state index >= 15 is 0 Å². The van der Waals surface area contributed by atoms with Gasteiger partial charge in [-0.1, -0.05) is 25.7 Å². The van der Waals surface area contributed by atoms with E-state index < -0.39 is 10.8 Å². The first-order valence-electron chi connectivity index (χ1n) is 10.8. The first kappa shape index (κ1) is 22.3. The van der Waals surface area contributed by atoms with E-state index in [1.807, 2.05) is 0 Å². The molecule has 0 radical (unpaired) electrons. The molecule has 0 saturated carbocycles. The standard InChI is InChI=1S/C20H40N2O3S/c23-26(19-7-3-1-5-9-21-11-15-24-16-12-21)20-8-4-2-6-10-22-13-17-25-18-14-22/h1-20H2. The molecular weight excluding hydrogens is 348 g/mol. The average molecular weight is 389 g/mol. The SMILES string of the molecule is O=S(CCCCCCN1CCOCC1)CCCCCCN1CCOCC1. The van der Waals surface area contributed by atoms with Crippen LogP contribution in [-0.4, -0.2) is 91.2 Å². The molecule has 2 rings (SSSR count). The van der Waals surface area contributed by atoms with Crippen molar-refractivity contribution in [1.82, 2.24) is 9.80 Å². The zero-order chi connectivity index (χ0) is 18.3. The van der Waals surface area contributed by atoms with Crippen molar-refractivity contribution in [2.45, 2.75) is 51.4 Å². The molecule has 0 aromatic carbocycles. The van der Waals surface area contributed by atoms with E-state index in [1.54, 1.807) is 0 Å². The summed E-state index contributed by atoms with van der Waals surface area (Å²) in [7, 11) is -0.593. The fraction of sp³-hybridized carbons (Fsp3) is 1.00. The Bertz CT molecular complexity index is 327. The molecule has 0 bridgehead atoms. The molecule has 2 fully saturated rings. The summed E-state index contributed by atoms with van der Waals surface area (Å²) < 4.78 is 22.8. The van der Waals surface area contributed by atoms with Crippen molar-refractivity contribution in [3.05, 3.63) is 0 Å². The maximum absolute atomic E-state index is 12.1. The second-order valence-corrected chi connectivity index (χ2v) is 9.28. The molecule has 2 heterocycles. The van der Waals surface area contributed by atoms with Crippen LogP contribution in [0, 0.1) is 0 Å². The molecule has 2 aliphatic rings. The second kappa shape index (κ2) is 15.0. The number of unbranched alkanes of at least 4 members (excludes halogenated alkanes) is 6. The van der Waals surface area contributed by atoms with Crippen molar-refractivity contribution < 1.29 is 13.7 Å². The third-order valence-electron chi connectivity index (χ3n) is 5.40. The lowest BCUT2D eigenvalue weighted by molar-refractivity contribution is 0.0371.